The number of aromatic nitrogens is 4. The van der Waals surface area contributed by atoms with Crippen LogP contribution in [0.5, 0.6) is 0 Å². The zero-order valence-electron chi connectivity index (χ0n) is 16.1. The summed E-state index contributed by atoms with van der Waals surface area (Å²) in [6.07, 6.45) is 8.58. The maximum Gasteiger partial charge on any atom is 0.410 e. The fourth-order valence-electron chi connectivity index (χ4n) is 4.48. The molecule has 27 heavy (non-hydrogen) atoms. The van der Waals surface area contributed by atoms with Crippen LogP contribution in [-0.4, -0.2) is 54.2 Å². The first-order chi connectivity index (χ1) is 12.9. The van der Waals surface area contributed by atoms with Crippen molar-refractivity contribution in [3.63, 3.8) is 0 Å². The van der Waals surface area contributed by atoms with Gasteiger partial charge >= 0.3 is 6.09 Å². The summed E-state index contributed by atoms with van der Waals surface area (Å²) < 4.78 is 7.79. The van der Waals surface area contributed by atoms with Crippen LogP contribution < -0.4 is 5.32 Å². The minimum absolute atomic E-state index is 0.136. The third-order valence-corrected chi connectivity index (χ3v) is 5.74. The Morgan fingerprint density at radius 1 is 1.15 bits per heavy atom. The molecule has 2 saturated heterocycles. The van der Waals surface area contributed by atoms with Gasteiger partial charge in [0.05, 0.1) is 18.4 Å². The van der Waals surface area contributed by atoms with Gasteiger partial charge in [-0.2, -0.15) is 0 Å². The molecule has 8 heteroatoms. The highest BCUT2D eigenvalue weighted by Crippen LogP contribution is 2.45. The molecule has 2 bridgehead atoms. The first-order valence-corrected chi connectivity index (χ1v) is 9.86. The molecule has 0 unspecified atom stereocenters. The number of rotatable bonds is 3. The molecule has 4 heterocycles. The average molecular weight is 370 g/mol. The van der Waals surface area contributed by atoms with E-state index in [1.165, 1.54) is 12.8 Å². The molecule has 5 rings (SSSR count). The number of hydrogen-bond acceptors (Lipinski definition) is 6. The van der Waals surface area contributed by atoms with Gasteiger partial charge < -0.3 is 19.5 Å². The number of ether oxygens (including phenoxy) is 1. The molecule has 8 nitrogen and oxygen atoms in total. The maximum atomic E-state index is 12.7. The van der Waals surface area contributed by atoms with Gasteiger partial charge in [-0.15, -0.1) is 0 Å². The van der Waals surface area contributed by atoms with E-state index in [1.54, 1.807) is 6.33 Å². The molecule has 1 saturated carbocycles. The van der Waals surface area contributed by atoms with Crippen molar-refractivity contribution < 1.29 is 9.53 Å². The Labute approximate surface area is 158 Å². The Bertz CT molecular complexity index is 884. The molecule has 0 aromatic carbocycles. The van der Waals surface area contributed by atoms with E-state index in [-0.39, 0.29) is 24.2 Å². The van der Waals surface area contributed by atoms with Crippen LogP contribution in [0.15, 0.2) is 12.7 Å². The van der Waals surface area contributed by atoms with Crippen LogP contribution in [0.25, 0.3) is 11.2 Å². The lowest BCUT2D eigenvalue weighted by molar-refractivity contribution is 0.0207. The van der Waals surface area contributed by atoms with Gasteiger partial charge in [-0.1, -0.05) is 0 Å². The minimum Gasteiger partial charge on any atom is -0.444 e. The van der Waals surface area contributed by atoms with E-state index in [4.69, 9.17) is 4.74 Å². The Balaban J connectivity index is 1.43. The molecule has 144 valence electrons. The second kappa shape index (κ2) is 5.81. The molecular weight excluding hydrogens is 344 g/mol. The van der Waals surface area contributed by atoms with Crippen LogP contribution >= 0.6 is 0 Å². The molecule has 3 fully saturated rings. The summed E-state index contributed by atoms with van der Waals surface area (Å²) in [6, 6.07) is 1.07. The third-order valence-electron chi connectivity index (χ3n) is 5.74. The molecule has 2 aromatic heterocycles. The summed E-state index contributed by atoms with van der Waals surface area (Å²) in [6.45, 7) is 5.74. The lowest BCUT2D eigenvalue weighted by Gasteiger charge is -2.28. The number of hydrogen-bond donors (Lipinski definition) is 1. The highest BCUT2D eigenvalue weighted by molar-refractivity contribution is 5.83. The molecule has 3 atom stereocenters. The molecule has 3 aliphatic rings. The van der Waals surface area contributed by atoms with Gasteiger partial charge in [0, 0.05) is 12.1 Å². The molecule has 1 amide bonds. The highest BCUT2D eigenvalue weighted by atomic mass is 16.6. The number of carbonyl (C=O) groups is 1. The van der Waals surface area contributed by atoms with Crippen molar-refractivity contribution in [2.75, 3.05) is 5.32 Å². The van der Waals surface area contributed by atoms with E-state index in [1.807, 2.05) is 32.0 Å². The number of anilines is 1. The summed E-state index contributed by atoms with van der Waals surface area (Å²) in [7, 11) is 0. The van der Waals surface area contributed by atoms with E-state index in [9.17, 15) is 4.79 Å². The number of carbonyl (C=O) groups excluding carboxylic acids is 1. The molecule has 1 aliphatic carbocycles. The van der Waals surface area contributed by atoms with Crippen LogP contribution in [0.1, 0.15) is 58.9 Å². The first-order valence-electron chi connectivity index (χ1n) is 9.86. The van der Waals surface area contributed by atoms with E-state index in [0.717, 1.165) is 36.2 Å². The topological polar surface area (TPSA) is 85.2 Å². The predicted octanol–water partition coefficient (Wildman–Crippen LogP) is 3.11. The molecule has 0 spiro atoms. The lowest BCUT2D eigenvalue weighted by Crippen LogP contribution is -2.40. The summed E-state index contributed by atoms with van der Waals surface area (Å²) in [4.78, 5) is 28.2. The van der Waals surface area contributed by atoms with Gasteiger partial charge in [-0.05, 0) is 52.9 Å². The third kappa shape index (κ3) is 2.91. The van der Waals surface area contributed by atoms with E-state index < -0.39 is 5.60 Å². The van der Waals surface area contributed by atoms with Crippen molar-refractivity contribution in [3.05, 3.63) is 12.7 Å². The fraction of sp³-hybridized carbons (Fsp3) is 0.684. The Morgan fingerprint density at radius 2 is 1.96 bits per heavy atom. The van der Waals surface area contributed by atoms with Crippen molar-refractivity contribution in [3.8, 4) is 0 Å². The number of imidazole rings is 1. The van der Waals surface area contributed by atoms with Crippen molar-refractivity contribution in [2.45, 2.75) is 82.6 Å². The fourth-order valence-corrected chi connectivity index (χ4v) is 4.48. The summed E-state index contributed by atoms with van der Waals surface area (Å²) >= 11 is 0. The van der Waals surface area contributed by atoms with Gasteiger partial charge in [-0.25, -0.2) is 19.7 Å². The summed E-state index contributed by atoms with van der Waals surface area (Å²) in [5.41, 5.74) is 1.18. The van der Waals surface area contributed by atoms with Gasteiger partial charge in [0.15, 0.2) is 11.5 Å². The van der Waals surface area contributed by atoms with Crippen LogP contribution in [-0.2, 0) is 4.74 Å². The molecule has 2 aromatic rings. The Morgan fingerprint density at radius 3 is 2.70 bits per heavy atom. The maximum absolute atomic E-state index is 12.7. The highest BCUT2D eigenvalue weighted by Gasteiger charge is 2.51. The van der Waals surface area contributed by atoms with Crippen molar-refractivity contribution in [1.29, 1.82) is 0 Å². The SMILES string of the molecule is CC(C)(C)OC(=O)N1[C@@H]2CC[C@H]1[C@@H](n1cnc3c(NC4CC4)ncnc31)C2. The van der Waals surface area contributed by atoms with Gasteiger partial charge in [0.25, 0.3) is 0 Å². The van der Waals surface area contributed by atoms with Gasteiger partial charge in [0.2, 0.25) is 0 Å². The zero-order valence-corrected chi connectivity index (χ0v) is 16.1. The number of nitrogens with one attached hydrogen (secondary N) is 1. The molecule has 2 aliphatic heterocycles. The van der Waals surface area contributed by atoms with Crippen molar-refractivity contribution in [2.24, 2.45) is 0 Å². The van der Waals surface area contributed by atoms with Crippen molar-refractivity contribution >= 4 is 23.1 Å². The number of amides is 1. The van der Waals surface area contributed by atoms with Crippen LogP contribution in [0.2, 0.25) is 0 Å². The normalized spacial score (nSPS) is 27.4. The van der Waals surface area contributed by atoms with E-state index in [2.05, 4.69) is 24.8 Å². The Hall–Kier alpha value is -2.38. The van der Waals surface area contributed by atoms with Gasteiger partial charge in [0.1, 0.15) is 17.4 Å². The lowest BCUT2D eigenvalue weighted by atomic mass is 9.95. The minimum atomic E-state index is -0.479. The van der Waals surface area contributed by atoms with E-state index >= 15 is 0 Å². The summed E-state index contributed by atoms with van der Waals surface area (Å²) in [5.74, 6) is 0.813. The second-order valence-corrected chi connectivity index (χ2v) is 8.95. The monoisotopic (exact) mass is 370 g/mol. The first kappa shape index (κ1) is 16.8. The second-order valence-electron chi connectivity index (χ2n) is 8.95. The molecule has 1 N–H and O–H groups in total. The molecular formula is C19H26N6O2. The summed E-state index contributed by atoms with van der Waals surface area (Å²) in [5, 5.41) is 3.44. The van der Waals surface area contributed by atoms with Crippen LogP contribution in [0.4, 0.5) is 10.6 Å². The van der Waals surface area contributed by atoms with Gasteiger partial charge in [-0.3, -0.25) is 0 Å². The zero-order chi connectivity index (χ0) is 18.8. The Kier molecular flexibility index (Phi) is 3.61. The predicted molar refractivity (Wildman–Crippen MR) is 101 cm³/mol. The molecule has 0 radical (unpaired) electrons. The smallest absolute Gasteiger partial charge is 0.410 e. The average Bonchev–Trinajstić information content (AvgIpc) is 3.05. The van der Waals surface area contributed by atoms with Crippen molar-refractivity contribution in [1.82, 2.24) is 24.4 Å². The van der Waals surface area contributed by atoms with Crippen LogP contribution in [0, 0.1) is 0 Å². The largest absolute Gasteiger partial charge is 0.444 e. The van der Waals surface area contributed by atoms with Crippen LogP contribution in [0.3, 0.4) is 0 Å². The quantitative estimate of drug-likeness (QED) is 0.893. The number of nitrogens with zero attached hydrogens (tertiary/aromatic N) is 5. The standard InChI is InChI=1S/C19H26N6O2/c1-19(2,3)27-18(26)25-12-6-7-13(25)14(8-12)24-10-22-15-16(23-11-4-5-11)20-9-21-17(15)24/h9-14H,4-8H2,1-3H3,(H,20,21,23)/t12-,13+,14+/m1/s1. The van der Waals surface area contributed by atoms with E-state index in [0.29, 0.717) is 6.04 Å². The number of fused-ring (bicyclic) bond motifs is 3.